The van der Waals surface area contributed by atoms with Gasteiger partial charge in [-0.2, -0.15) is 5.10 Å². The molecule has 1 saturated heterocycles. The third-order valence-electron chi connectivity index (χ3n) is 3.04. The van der Waals surface area contributed by atoms with Gasteiger partial charge in [-0.1, -0.05) is 18.2 Å². The van der Waals surface area contributed by atoms with Crippen molar-refractivity contribution in [2.45, 2.75) is 18.9 Å². The van der Waals surface area contributed by atoms with Crippen LogP contribution < -0.4 is 5.48 Å². The van der Waals surface area contributed by atoms with Crippen molar-refractivity contribution in [3.8, 4) is 0 Å². The highest BCUT2D eigenvalue weighted by molar-refractivity contribution is 5.82. The van der Waals surface area contributed by atoms with Crippen LogP contribution in [0.15, 0.2) is 24.3 Å². The third kappa shape index (κ3) is 1.68. The molecule has 17 heavy (non-hydrogen) atoms. The van der Waals surface area contributed by atoms with E-state index in [9.17, 15) is 4.79 Å². The van der Waals surface area contributed by atoms with Crippen molar-refractivity contribution >= 4 is 16.8 Å². The SMILES string of the molecule is Cn1nc(C2CCC(=O)NO2)c2ccccc21. The van der Waals surface area contributed by atoms with Crippen LogP contribution in [0.4, 0.5) is 0 Å². The lowest BCUT2D eigenvalue weighted by Crippen LogP contribution is -2.31. The highest BCUT2D eigenvalue weighted by atomic mass is 16.7. The normalized spacial score (nSPS) is 20.5. The molecule has 0 spiro atoms. The molecule has 1 unspecified atom stereocenters. The number of aromatic nitrogens is 2. The highest BCUT2D eigenvalue weighted by Gasteiger charge is 2.25. The summed E-state index contributed by atoms with van der Waals surface area (Å²) in [5, 5.41) is 5.56. The number of hydroxylamine groups is 1. The predicted molar refractivity (Wildman–Crippen MR) is 61.9 cm³/mol. The molecule has 5 nitrogen and oxygen atoms in total. The molecule has 1 aromatic heterocycles. The summed E-state index contributed by atoms with van der Waals surface area (Å²) in [7, 11) is 1.91. The molecular formula is C12H13N3O2. The van der Waals surface area contributed by atoms with Crippen LogP contribution in [0.2, 0.25) is 0 Å². The van der Waals surface area contributed by atoms with Gasteiger partial charge in [-0.15, -0.1) is 0 Å². The van der Waals surface area contributed by atoms with Crippen LogP contribution in [0.1, 0.15) is 24.6 Å². The standard InChI is InChI=1S/C12H13N3O2/c1-15-9-5-3-2-4-8(9)12(13-15)10-6-7-11(16)14-17-10/h2-5,10H,6-7H2,1H3,(H,14,16). The molecular weight excluding hydrogens is 218 g/mol. The number of nitrogens with one attached hydrogen (secondary N) is 1. The minimum absolute atomic E-state index is 0.0681. The fourth-order valence-corrected chi connectivity index (χ4v) is 2.18. The van der Waals surface area contributed by atoms with Crippen molar-refractivity contribution in [3.05, 3.63) is 30.0 Å². The maximum Gasteiger partial charge on any atom is 0.243 e. The molecule has 1 N–H and O–H groups in total. The number of para-hydroxylation sites is 1. The molecule has 1 aromatic carbocycles. The molecule has 1 amide bonds. The Balaban J connectivity index is 2.03. The van der Waals surface area contributed by atoms with E-state index in [0.29, 0.717) is 12.8 Å². The van der Waals surface area contributed by atoms with E-state index in [2.05, 4.69) is 10.6 Å². The maximum absolute atomic E-state index is 11.0. The largest absolute Gasteiger partial charge is 0.273 e. The second-order valence-electron chi connectivity index (χ2n) is 4.20. The van der Waals surface area contributed by atoms with Gasteiger partial charge in [-0.05, 0) is 12.5 Å². The molecule has 88 valence electrons. The summed E-state index contributed by atoms with van der Waals surface area (Å²) in [5.41, 5.74) is 4.38. The van der Waals surface area contributed by atoms with Crippen LogP contribution in [-0.4, -0.2) is 15.7 Å². The molecule has 1 atom stereocenters. The van der Waals surface area contributed by atoms with E-state index in [1.165, 1.54) is 0 Å². The number of carbonyl (C=O) groups is 1. The molecule has 0 saturated carbocycles. The smallest absolute Gasteiger partial charge is 0.243 e. The molecule has 0 aliphatic carbocycles. The molecule has 2 heterocycles. The van der Waals surface area contributed by atoms with Gasteiger partial charge in [-0.25, -0.2) is 5.48 Å². The molecule has 0 bridgehead atoms. The van der Waals surface area contributed by atoms with Gasteiger partial charge in [0.25, 0.3) is 0 Å². The maximum atomic E-state index is 11.0. The molecule has 3 rings (SSSR count). The Kier molecular flexibility index (Phi) is 2.33. The average molecular weight is 231 g/mol. The summed E-state index contributed by atoms with van der Waals surface area (Å²) in [5.74, 6) is -0.0681. The Morgan fingerprint density at radius 1 is 1.47 bits per heavy atom. The van der Waals surface area contributed by atoms with Crippen LogP contribution in [0.3, 0.4) is 0 Å². The summed E-state index contributed by atoms with van der Waals surface area (Å²) >= 11 is 0. The second-order valence-corrected chi connectivity index (χ2v) is 4.20. The molecule has 1 aliphatic heterocycles. The Hall–Kier alpha value is -1.88. The average Bonchev–Trinajstić information content (AvgIpc) is 2.69. The second kappa shape index (κ2) is 3.85. The fourth-order valence-electron chi connectivity index (χ4n) is 2.18. The topological polar surface area (TPSA) is 56.2 Å². The lowest BCUT2D eigenvalue weighted by atomic mass is 10.1. The lowest BCUT2D eigenvalue weighted by Gasteiger charge is -2.20. The van der Waals surface area contributed by atoms with E-state index in [1.54, 1.807) is 0 Å². The number of hydrogen-bond acceptors (Lipinski definition) is 3. The summed E-state index contributed by atoms with van der Waals surface area (Å²) < 4.78 is 1.84. The number of aryl methyl sites for hydroxylation is 1. The van der Waals surface area contributed by atoms with Crippen molar-refractivity contribution < 1.29 is 9.63 Å². The molecule has 1 aliphatic rings. The third-order valence-corrected chi connectivity index (χ3v) is 3.04. The number of nitrogens with zero attached hydrogens (tertiary/aromatic N) is 2. The minimum Gasteiger partial charge on any atom is -0.273 e. The fraction of sp³-hybridized carbons (Fsp3) is 0.333. The van der Waals surface area contributed by atoms with E-state index in [0.717, 1.165) is 16.6 Å². The van der Waals surface area contributed by atoms with Crippen LogP contribution in [0, 0.1) is 0 Å². The first-order valence-corrected chi connectivity index (χ1v) is 5.62. The number of hydrogen-bond donors (Lipinski definition) is 1. The van der Waals surface area contributed by atoms with Crippen molar-refractivity contribution in [2.24, 2.45) is 7.05 Å². The first kappa shape index (κ1) is 10.3. The summed E-state index contributed by atoms with van der Waals surface area (Å²) in [6.45, 7) is 0. The quantitative estimate of drug-likeness (QED) is 0.808. The molecule has 0 radical (unpaired) electrons. The molecule has 5 heteroatoms. The summed E-state index contributed by atoms with van der Waals surface area (Å²) in [4.78, 5) is 16.4. The van der Waals surface area contributed by atoms with Gasteiger partial charge < -0.3 is 0 Å². The van der Waals surface area contributed by atoms with Gasteiger partial charge >= 0.3 is 0 Å². The Bertz CT molecular complexity index is 566. The summed E-state index contributed by atoms with van der Waals surface area (Å²) in [6, 6.07) is 8.01. The van der Waals surface area contributed by atoms with Gasteiger partial charge in [-0.3, -0.25) is 14.3 Å². The Labute approximate surface area is 98.3 Å². The minimum atomic E-state index is -0.154. The first-order chi connectivity index (χ1) is 8.25. The van der Waals surface area contributed by atoms with Gasteiger partial charge in [0.1, 0.15) is 11.8 Å². The van der Waals surface area contributed by atoms with Gasteiger partial charge in [0.15, 0.2) is 0 Å². The zero-order chi connectivity index (χ0) is 11.8. The van der Waals surface area contributed by atoms with Crippen LogP contribution in [0.25, 0.3) is 10.9 Å². The van der Waals surface area contributed by atoms with Crippen LogP contribution in [0.5, 0.6) is 0 Å². The van der Waals surface area contributed by atoms with Crippen molar-refractivity contribution in [2.75, 3.05) is 0 Å². The number of rotatable bonds is 1. The first-order valence-electron chi connectivity index (χ1n) is 5.62. The predicted octanol–water partition coefficient (Wildman–Crippen LogP) is 1.46. The van der Waals surface area contributed by atoms with Crippen LogP contribution >= 0.6 is 0 Å². The Morgan fingerprint density at radius 2 is 2.29 bits per heavy atom. The van der Waals surface area contributed by atoms with Gasteiger partial charge in [0.05, 0.1) is 5.52 Å². The van der Waals surface area contributed by atoms with E-state index >= 15 is 0 Å². The van der Waals surface area contributed by atoms with Crippen molar-refractivity contribution in [1.29, 1.82) is 0 Å². The highest BCUT2D eigenvalue weighted by Crippen LogP contribution is 2.29. The van der Waals surface area contributed by atoms with Crippen molar-refractivity contribution in [1.82, 2.24) is 15.3 Å². The zero-order valence-electron chi connectivity index (χ0n) is 9.51. The number of carbonyl (C=O) groups excluding carboxylic acids is 1. The lowest BCUT2D eigenvalue weighted by molar-refractivity contribution is -0.148. The monoisotopic (exact) mass is 231 g/mol. The van der Waals surface area contributed by atoms with Crippen molar-refractivity contribution in [3.63, 3.8) is 0 Å². The van der Waals surface area contributed by atoms with Crippen LogP contribution in [-0.2, 0) is 16.7 Å². The zero-order valence-corrected chi connectivity index (χ0v) is 9.51. The number of fused-ring (bicyclic) bond motifs is 1. The van der Waals surface area contributed by atoms with E-state index < -0.39 is 0 Å². The van der Waals surface area contributed by atoms with Gasteiger partial charge in [0.2, 0.25) is 5.91 Å². The van der Waals surface area contributed by atoms with E-state index in [1.807, 2.05) is 36.0 Å². The number of amides is 1. The molecule has 1 fully saturated rings. The molecule has 2 aromatic rings. The van der Waals surface area contributed by atoms with E-state index in [-0.39, 0.29) is 12.0 Å². The van der Waals surface area contributed by atoms with Gasteiger partial charge in [0, 0.05) is 18.9 Å². The van der Waals surface area contributed by atoms with E-state index in [4.69, 9.17) is 4.84 Å². The Morgan fingerprint density at radius 3 is 3.06 bits per heavy atom. The number of benzene rings is 1. The summed E-state index contributed by atoms with van der Waals surface area (Å²) in [6.07, 6.45) is 1.00.